The van der Waals surface area contributed by atoms with Crippen molar-refractivity contribution in [1.82, 2.24) is 14.5 Å². The summed E-state index contributed by atoms with van der Waals surface area (Å²) in [6.07, 6.45) is 5.04. The highest BCUT2D eigenvalue weighted by Crippen LogP contribution is 2.39. The molecule has 8 nitrogen and oxygen atoms in total. The van der Waals surface area contributed by atoms with Crippen molar-refractivity contribution in [2.75, 3.05) is 44.3 Å². The van der Waals surface area contributed by atoms with Gasteiger partial charge < -0.3 is 19.6 Å². The summed E-state index contributed by atoms with van der Waals surface area (Å²) in [6, 6.07) is 11.6. The number of nitrogens with zero attached hydrogens (tertiary/aromatic N) is 4. The van der Waals surface area contributed by atoms with Crippen molar-refractivity contribution >= 4 is 11.7 Å². The number of rotatable bonds is 6. The first-order chi connectivity index (χ1) is 16.8. The van der Waals surface area contributed by atoms with Crippen LogP contribution in [0.25, 0.3) is 0 Å². The van der Waals surface area contributed by atoms with Gasteiger partial charge in [0.1, 0.15) is 5.82 Å². The number of amides is 1. The van der Waals surface area contributed by atoms with Crippen molar-refractivity contribution in [3.8, 4) is 0 Å². The van der Waals surface area contributed by atoms with Gasteiger partial charge in [-0.15, -0.1) is 0 Å². The van der Waals surface area contributed by atoms with Gasteiger partial charge in [0.2, 0.25) is 5.91 Å². The van der Waals surface area contributed by atoms with E-state index in [1.54, 1.807) is 12.4 Å². The lowest BCUT2D eigenvalue weighted by atomic mass is 9.87. The Morgan fingerprint density at radius 2 is 1.91 bits per heavy atom. The number of ether oxygens (including phenoxy) is 1. The van der Waals surface area contributed by atoms with Crippen LogP contribution in [0.1, 0.15) is 50.5 Å². The van der Waals surface area contributed by atoms with Crippen LogP contribution >= 0.6 is 0 Å². The lowest BCUT2D eigenvalue weighted by Gasteiger charge is -2.38. The topological polar surface area (TPSA) is 87.9 Å². The van der Waals surface area contributed by atoms with E-state index in [-0.39, 0.29) is 29.3 Å². The van der Waals surface area contributed by atoms with E-state index in [4.69, 9.17) is 4.74 Å². The number of piperidine rings is 1. The Morgan fingerprint density at radius 1 is 1.14 bits per heavy atom. The van der Waals surface area contributed by atoms with E-state index in [1.807, 2.05) is 23.1 Å². The Morgan fingerprint density at radius 3 is 2.60 bits per heavy atom. The van der Waals surface area contributed by atoms with E-state index in [0.29, 0.717) is 38.2 Å². The summed E-state index contributed by atoms with van der Waals surface area (Å²) < 4.78 is 7.10. The van der Waals surface area contributed by atoms with Crippen molar-refractivity contribution < 1.29 is 14.6 Å². The molecule has 0 radical (unpaired) electrons. The van der Waals surface area contributed by atoms with Gasteiger partial charge in [-0.2, -0.15) is 0 Å². The number of aromatic nitrogens is 2. The Kier molecular flexibility index (Phi) is 6.68. The van der Waals surface area contributed by atoms with Gasteiger partial charge in [0.25, 0.3) is 5.56 Å². The molecule has 1 spiro atoms. The number of aliphatic hydroxyl groups is 1. The molecular formula is C27H36N4O4. The molecule has 3 fully saturated rings. The van der Waals surface area contributed by atoms with Gasteiger partial charge in [0, 0.05) is 50.7 Å². The van der Waals surface area contributed by atoms with Crippen molar-refractivity contribution in [1.29, 1.82) is 0 Å². The summed E-state index contributed by atoms with van der Waals surface area (Å²) in [4.78, 5) is 34.2. The van der Waals surface area contributed by atoms with Crippen molar-refractivity contribution in [2.24, 2.45) is 5.41 Å². The summed E-state index contributed by atoms with van der Waals surface area (Å²) in [6.45, 7) is 6.62. The van der Waals surface area contributed by atoms with E-state index in [1.165, 1.54) is 4.57 Å². The fourth-order valence-corrected chi connectivity index (χ4v) is 5.75. The van der Waals surface area contributed by atoms with E-state index >= 15 is 0 Å². The summed E-state index contributed by atoms with van der Waals surface area (Å²) >= 11 is 0. The van der Waals surface area contributed by atoms with E-state index in [9.17, 15) is 14.7 Å². The number of carbonyl (C=O) groups is 1. The largest absolute Gasteiger partial charge is 0.388 e. The molecule has 4 heterocycles. The highest BCUT2D eigenvalue weighted by molar-refractivity contribution is 5.77. The minimum atomic E-state index is -1.02. The fourth-order valence-electron chi connectivity index (χ4n) is 5.75. The highest BCUT2D eigenvalue weighted by Gasteiger charge is 2.42. The smallest absolute Gasteiger partial charge is 0.255 e. The molecule has 1 aromatic carbocycles. The van der Waals surface area contributed by atoms with Gasteiger partial charge in [0.05, 0.1) is 25.1 Å². The van der Waals surface area contributed by atoms with Crippen molar-refractivity contribution in [3.05, 3.63) is 58.6 Å². The minimum Gasteiger partial charge on any atom is -0.388 e. The molecule has 8 heteroatoms. The third-order valence-electron chi connectivity index (χ3n) is 8.17. The number of anilines is 1. The summed E-state index contributed by atoms with van der Waals surface area (Å²) in [5, 5.41) is 11.2. The predicted octanol–water partition coefficient (Wildman–Crippen LogP) is 2.41. The number of hydrogen-bond donors (Lipinski definition) is 1. The predicted molar refractivity (Wildman–Crippen MR) is 133 cm³/mol. The molecular weight excluding hydrogens is 444 g/mol. The normalized spacial score (nSPS) is 24.7. The Bertz CT molecular complexity index is 1090. The second-order valence-electron chi connectivity index (χ2n) is 10.8. The Balaban J connectivity index is 1.15. The minimum absolute atomic E-state index is 0.114. The molecule has 5 rings (SSSR count). The van der Waals surface area contributed by atoms with Crippen LogP contribution in [0, 0.1) is 5.41 Å². The summed E-state index contributed by atoms with van der Waals surface area (Å²) in [5.74, 6) is 0.969. The second kappa shape index (κ2) is 9.74. The molecule has 1 unspecified atom stereocenters. The van der Waals surface area contributed by atoms with Crippen LogP contribution in [0.5, 0.6) is 0 Å². The zero-order chi connectivity index (χ0) is 24.5. The van der Waals surface area contributed by atoms with Gasteiger partial charge in [-0.25, -0.2) is 4.98 Å². The third-order valence-corrected chi connectivity index (χ3v) is 8.17. The Labute approximate surface area is 206 Å². The molecule has 188 valence electrons. The van der Waals surface area contributed by atoms with Crippen LogP contribution < -0.4 is 10.5 Å². The zero-order valence-corrected chi connectivity index (χ0v) is 20.6. The number of carbonyl (C=O) groups excluding carboxylic acids is 1. The first-order valence-corrected chi connectivity index (χ1v) is 12.8. The van der Waals surface area contributed by atoms with Crippen LogP contribution in [-0.2, 0) is 16.1 Å². The molecule has 3 aliphatic rings. The zero-order valence-electron chi connectivity index (χ0n) is 20.6. The molecule has 2 atom stereocenters. The first-order valence-electron chi connectivity index (χ1n) is 12.8. The Hall–Kier alpha value is -2.71. The van der Waals surface area contributed by atoms with Crippen LogP contribution in [0.4, 0.5) is 5.82 Å². The van der Waals surface area contributed by atoms with E-state index < -0.39 is 5.60 Å². The third kappa shape index (κ3) is 5.28. The van der Waals surface area contributed by atoms with Crippen molar-refractivity contribution in [2.45, 2.75) is 57.1 Å². The molecule has 3 saturated heterocycles. The maximum Gasteiger partial charge on any atom is 0.255 e. The van der Waals surface area contributed by atoms with Gasteiger partial charge in [-0.3, -0.25) is 14.2 Å². The number of hydrogen-bond acceptors (Lipinski definition) is 6. The van der Waals surface area contributed by atoms with Gasteiger partial charge in [0.15, 0.2) is 0 Å². The molecule has 3 aliphatic heterocycles. The highest BCUT2D eigenvalue weighted by atomic mass is 16.5. The van der Waals surface area contributed by atoms with Crippen LogP contribution in [0.3, 0.4) is 0 Å². The summed E-state index contributed by atoms with van der Waals surface area (Å²) in [7, 11) is 0. The lowest BCUT2D eigenvalue weighted by molar-refractivity contribution is -0.136. The summed E-state index contributed by atoms with van der Waals surface area (Å²) in [5.41, 5.74) is 0.191. The number of likely N-dealkylation sites (tertiary alicyclic amines) is 1. The molecule has 0 saturated carbocycles. The maximum atomic E-state index is 12.8. The average molecular weight is 481 g/mol. The van der Waals surface area contributed by atoms with Gasteiger partial charge >= 0.3 is 0 Å². The number of benzene rings is 1. The monoisotopic (exact) mass is 480 g/mol. The molecule has 35 heavy (non-hydrogen) atoms. The molecule has 0 bridgehead atoms. The molecule has 0 aliphatic carbocycles. The van der Waals surface area contributed by atoms with Crippen LogP contribution in [0.2, 0.25) is 0 Å². The molecule has 2 aromatic rings. The molecule has 1 N–H and O–H groups in total. The SMILES string of the molecule is C[C@H](CC(=O)N1CCC(O)(Cn2cnc(N3CCC4(CCOC4)C3)cc2=O)CC1)c1ccccc1. The first kappa shape index (κ1) is 24.0. The van der Waals surface area contributed by atoms with E-state index in [2.05, 4.69) is 28.9 Å². The van der Waals surface area contributed by atoms with Gasteiger partial charge in [-0.05, 0) is 37.2 Å². The quantitative estimate of drug-likeness (QED) is 0.683. The van der Waals surface area contributed by atoms with E-state index in [0.717, 1.165) is 44.7 Å². The average Bonchev–Trinajstić information content (AvgIpc) is 3.51. The van der Waals surface area contributed by atoms with Crippen molar-refractivity contribution in [3.63, 3.8) is 0 Å². The lowest BCUT2D eigenvalue weighted by Crippen LogP contribution is -2.49. The second-order valence-corrected chi connectivity index (χ2v) is 10.8. The van der Waals surface area contributed by atoms with Gasteiger partial charge in [-0.1, -0.05) is 37.3 Å². The maximum absolute atomic E-state index is 12.8. The molecule has 1 amide bonds. The fraction of sp³-hybridized carbons (Fsp3) is 0.593. The van der Waals surface area contributed by atoms with Crippen LogP contribution in [-0.4, -0.2) is 70.5 Å². The van der Waals surface area contributed by atoms with Crippen LogP contribution in [0.15, 0.2) is 47.5 Å². The standard InChI is InChI=1S/C27H36N4O4/c1-21(22-5-3-2-4-6-22)15-24(32)29-12-8-27(34,9-13-29)18-31-20-28-23(16-25(31)33)30-11-7-26(17-30)10-14-35-19-26/h2-6,16,20-21,34H,7-15,17-19H2,1H3/t21-,26?/m1/s1. The molecule has 1 aromatic heterocycles.